The summed E-state index contributed by atoms with van der Waals surface area (Å²) in [4.78, 5) is 18.5. The number of aromatic nitrogens is 4. The van der Waals surface area contributed by atoms with E-state index in [4.69, 9.17) is 9.47 Å². The summed E-state index contributed by atoms with van der Waals surface area (Å²) in [5.41, 5.74) is 2.02. The predicted molar refractivity (Wildman–Crippen MR) is 121 cm³/mol. The van der Waals surface area contributed by atoms with E-state index in [0.29, 0.717) is 28.9 Å². The number of nitrogens with zero attached hydrogens (tertiary/aromatic N) is 5. The number of pyridine rings is 1. The largest absolute Gasteiger partial charge is 0.492 e. The van der Waals surface area contributed by atoms with E-state index in [-0.39, 0.29) is 12.7 Å². The molecule has 2 heterocycles. The molecule has 0 N–H and O–H groups in total. The van der Waals surface area contributed by atoms with Crippen LogP contribution in [0.2, 0.25) is 0 Å². The second kappa shape index (κ2) is 10.3. The van der Waals surface area contributed by atoms with Crippen molar-refractivity contribution in [1.82, 2.24) is 24.9 Å². The van der Waals surface area contributed by atoms with E-state index in [1.807, 2.05) is 12.1 Å². The minimum atomic E-state index is -0.328. The molecule has 8 nitrogen and oxygen atoms in total. The summed E-state index contributed by atoms with van der Waals surface area (Å²) in [5, 5.41) is 8.33. The van der Waals surface area contributed by atoms with Gasteiger partial charge >= 0.3 is 6.09 Å². The highest BCUT2D eigenvalue weighted by molar-refractivity contribution is 5.67. The van der Waals surface area contributed by atoms with Gasteiger partial charge in [0.1, 0.15) is 23.7 Å². The molecule has 2 aliphatic rings. The first-order valence-corrected chi connectivity index (χ1v) is 11.9. The van der Waals surface area contributed by atoms with Crippen LogP contribution in [0.4, 0.5) is 4.79 Å². The van der Waals surface area contributed by atoms with E-state index in [2.05, 4.69) is 22.2 Å². The van der Waals surface area contributed by atoms with Gasteiger partial charge in [-0.25, -0.2) is 9.48 Å². The molecule has 1 unspecified atom stereocenters. The highest BCUT2D eigenvalue weighted by atomic mass is 16.6. The Morgan fingerprint density at radius 2 is 2.03 bits per heavy atom. The molecular formula is C24H35N5O3. The SMILES string of the molecule is C[C@@H]1CC1CN(C)C(=O)OCc1c(-c2ccc(OCCC3CCCCC3)cn2)nnn1C. The van der Waals surface area contributed by atoms with Gasteiger partial charge in [-0.15, -0.1) is 5.10 Å². The zero-order chi connectivity index (χ0) is 22.5. The zero-order valence-electron chi connectivity index (χ0n) is 19.5. The third kappa shape index (κ3) is 5.78. The van der Waals surface area contributed by atoms with Crippen LogP contribution in [0.25, 0.3) is 11.4 Å². The number of rotatable bonds is 9. The molecule has 174 valence electrons. The van der Waals surface area contributed by atoms with Gasteiger partial charge in [0, 0.05) is 20.6 Å². The quantitative estimate of drug-likeness (QED) is 0.572. The Labute approximate surface area is 190 Å². The van der Waals surface area contributed by atoms with Gasteiger partial charge in [0.2, 0.25) is 0 Å². The first kappa shape index (κ1) is 22.6. The molecule has 32 heavy (non-hydrogen) atoms. The van der Waals surface area contributed by atoms with Gasteiger partial charge in [-0.2, -0.15) is 0 Å². The highest BCUT2D eigenvalue weighted by Crippen LogP contribution is 2.38. The smallest absolute Gasteiger partial charge is 0.409 e. The van der Waals surface area contributed by atoms with Gasteiger partial charge in [-0.05, 0) is 42.7 Å². The van der Waals surface area contributed by atoms with Crippen LogP contribution in [0.3, 0.4) is 0 Å². The molecule has 0 aliphatic heterocycles. The van der Waals surface area contributed by atoms with E-state index < -0.39 is 0 Å². The third-order valence-corrected chi connectivity index (χ3v) is 6.87. The number of aryl methyl sites for hydroxylation is 1. The highest BCUT2D eigenvalue weighted by Gasteiger charge is 2.34. The van der Waals surface area contributed by atoms with Crippen molar-refractivity contribution in [2.75, 3.05) is 20.2 Å². The molecule has 2 saturated carbocycles. The third-order valence-electron chi connectivity index (χ3n) is 6.87. The Morgan fingerprint density at radius 1 is 1.25 bits per heavy atom. The second-order valence-electron chi connectivity index (χ2n) is 9.44. The van der Waals surface area contributed by atoms with Gasteiger partial charge in [-0.3, -0.25) is 4.98 Å². The summed E-state index contributed by atoms with van der Waals surface area (Å²) in [6.45, 7) is 3.77. The van der Waals surface area contributed by atoms with Crippen molar-refractivity contribution < 1.29 is 14.3 Å². The molecule has 0 bridgehead atoms. The summed E-state index contributed by atoms with van der Waals surface area (Å²) in [6, 6.07) is 3.80. The number of ether oxygens (including phenoxy) is 2. The molecule has 2 aromatic heterocycles. The number of hydrogen-bond donors (Lipinski definition) is 0. The molecule has 2 fully saturated rings. The maximum absolute atomic E-state index is 12.3. The van der Waals surface area contributed by atoms with Crippen molar-refractivity contribution in [2.24, 2.45) is 24.8 Å². The molecule has 0 radical (unpaired) electrons. The van der Waals surface area contributed by atoms with Gasteiger partial charge in [0.15, 0.2) is 0 Å². The van der Waals surface area contributed by atoms with Gasteiger partial charge < -0.3 is 14.4 Å². The molecule has 2 aromatic rings. The Hall–Kier alpha value is -2.64. The van der Waals surface area contributed by atoms with Gasteiger partial charge in [0.05, 0.1) is 18.5 Å². The van der Waals surface area contributed by atoms with Crippen molar-refractivity contribution in [3.63, 3.8) is 0 Å². The fraction of sp³-hybridized carbons (Fsp3) is 0.667. The molecule has 4 rings (SSSR count). The molecule has 2 aliphatic carbocycles. The molecule has 0 saturated heterocycles. The van der Waals surface area contributed by atoms with Crippen LogP contribution in [-0.2, 0) is 18.4 Å². The molecule has 0 aromatic carbocycles. The minimum absolute atomic E-state index is 0.101. The second-order valence-corrected chi connectivity index (χ2v) is 9.44. The maximum Gasteiger partial charge on any atom is 0.409 e. The first-order chi connectivity index (χ1) is 15.5. The van der Waals surface area contributed by atoms with Gasteiger partial charge in [-0.1, -0.05) is 44.2 Å². The van der Waals surface area contributed by atoms with E-state index in [0.717, 1.165) is 31.2 Å². The summed E-state index contributed by atoms with van der Waals surface area (Å²) in [5.74, 6) is 2.85. The average Bonchev–Trinajstić information content (AvgIpc) is 3.37. The summed E-state index contributed by atoms with van der Waals surface area (Å²) in [7, 11) is 3.57. The Kier molecular flexibility index (Phi) is 7.27. The Morgan fingerprint density at radius 3 is 2.72 bits per heavy atom. The van der Waals surface area contributed by atoms with Gasteiger partial charge in [0.25, 0.3) is 0 Å². The van der Waals surface area contributed by atoms with Crippen LogP contribution in [0, 0.1) is 17.8 Å². The summed E-state index contributed by atoms with van der Waals surface area (Å²) >= 11 is 0. The van der Waals surface area contributed by atoms with Crippen LogP contribution in [0.1, 0.15) is 57.6 Å². The first-order valence-electron chi connectivity index (χ1n) is 11.9. The zero-order valence-corrected chi connectivity index (χ0v) is 19.5. The topological polar surface area (TPSA) is 82.4 Å². The van der Waals surface area contributed by atoms with Crippen molar-refractivity contribution >= 4 is 6.09 Å². The van der Waals surface area contributed by atoms with E-state index >= 15 is 0 Å². The van der Waals surface area contributed by atoms with Crippen LogP contribution in [0.5, 0.6) is 5.75 Å². The lowest BCUT2D eigenvalue weighted by molar-refractivity contribution is 0.101. The molecule has 1 amide bonds. The number of hydrogen-bond acceptors (Lipinski definition) is 6. The number of carbonyl (C=O) groups excluding carboxylic acids is 1. The van der Waals surface area contributed by atoms with Crippen molar-refractivity contribution in [1.29, 1.82) is 0 Å². The van der Waals surface area contributed by atoms with Crippen LogP contribution >= 0.6 is 0 Å². The Bertz CT molecular complexity index is 892. The van der Waals surface area contributed by atoms with Crippen molar-refractivity contribution in [3.05, 3.63) is 24.0 Å². The molecular weight excluding hydrogens is 406 g/mol. The summed E-state index contributed by atoms with van der Waals surface area (Å²) < 4.78 is 13.1. The lowest BCUT2D eigenvalue weighted by Gasteiger charge is -2.21. The predicted octanol–water partition coefficient (Wildman–Crippen LogP) is 4.45. The Balaban J connectivity index is 1.30. The van der Waals surface area contributed by atoms with E-state index in [1.165, 1.54) is 38.5 Å². The lowest BCUT2D eigenvalue weighted by Crippen LogP contribution is -2.29. The van der Waals surface area contributed by atoms with E-state index in [9.17, 15) is 4.79 Å². The van der Waals surface area contributed by atoms with Crippen LogP contribution in [0.15, 0.2) is 18.3 Å². The maximum atomic E-state index is 12.3. The van der Waals surface area contributed by atoms with Crippen LogP contribution in [-0.4, -0.2) is 51.2 Å². The monoisotopic (exact) mass is 441 g/mol. The minimum Gasteiger partial charge on any atom is -0.492 e. The summed E-state index contributed by atoms with van der Waals surface area (Å²) in [6.07, 6.45) is 10.4. The number of carbonyl (C=O) groups is 1. The normalized spacial score (nSPS) is 20.7. The molecule has 8 heteroatoms. The number of amides is 1. The molecule has 0 spiro atoms. The molecule has 2 atom stereocenters. The fourth-order valence-electron chi connectivity index (χ4n) is 4.48. The van der Waals surface area contributed by atoms with Crippen molar-refractivity contribution in [3.8, 4) is 17.1 Å². The average molecular weight is 442 g/mol. The van der Waals surface area contributed by atoms with Crippen molar-refractivity contribution in [2.45, 2.75) is 58.5 Å². The van der Waals surface area contributed by atoms with E-state index in [1.54, 1.807) is 29.9 Å². The van der Waals surface area contributed by atoms with Crippen LogP contribution < -0.4 is 4.74 Å². The standard InChI is InChI=1S/C24H35N5O3/c1-17-13-19(17)15-28(2)24(30)32-16-22-23(26-27-29(22)3)21-10-9-20(14-25-21)31-12-11-18-7-5-4-6-8-18/h9-10,14,17-19H,4-8,11-13,15-16H2,1-3H3/t17-,19?/m1/s1. The fourth-order valence-corrected chi connectivity index (χ4v) is 4.48. The lowest BCUT2D eigenvalue weighted by atomic mass is 9.87.